The van der Waals surface area contributed by atoms with Gasteiger partial charge in [-0.25, -0.2) is 10.2 Å². The first kappa shape index (κ1) is 23.2. The molecule has 0 fully saturated rings. The Bertz CT molecular complexity index is 1500. The van der Waals surface area contributed by atoms with Crippen molar-refractivity contribution in [1.29, 1.82) is 0 Å². The van der Waals surface area contributed by atoms with Gasteiger partial charge in [0, 0.05) is 36.7 Å². The minimum atomic E-state index is -0.472. The van der Waals surface area contributed by atoms with Gasteiger partial charge in [0.05, 0.1) is 4.88 Å². The largest absolute Gasteiger partial charge is 0.484 e. The molecule has 0 aliphatic heterocycles. The van der Waals surface area contributed by atoms with E-state index in [0.29, 0.717) is 27.6 Å². The van der Waals surface area contributed by atoms with E-state index in [1.54, 1.807) is 18.2 Å². The molecule has 0 spiro atoms. The fourth-order valence-electron chi connectivity index (χ4n) is 3.65. The lowest BCUT2D eigenvalue weighted by Crippen LogP contribution is -2.28. The van der Waals surface area contributed by atoms with Crippen molar-refractivity contribution in [2.45, 2.75) is 27.3 Å². The zero-order valence-electron chi connectivity index (χ0n) is 19.0. The lowest BCUT2D eigenvalue weighted by molar-refractivity contribution is -0.123. The highest BCUT2D eigenvalue weighted by atomic mass is 32.1. The maximum Gasteiger partial charge on any atom is 0.336 e. The molecule has 4 aromatic rings. The molecule has 0 saturated heterocycles. The number of hydrogen-bond donors (Lipinski definition) is 1. The van der Waals surface area contributed by atoms with Crippen molar-refractivity contribution >= 4 is 34.0 Å². The van der Waals surface area contributed by atoms with Gasteiger partial charge in [-0.15, -0.1) is 5.10 Å². The minimum Gasteiger partial charge on any atom is -0.484 e. The number of benzene rings is 2. The standard InChI is InChI=1S/C25H23N3O5S/c1-4-28-15(2)24(16(3)29)34-25(28)27-26-22(30)14-32-18-10-11-19-20(17-8-6-5-7-9-17)13-23(31)33-21(19)12-18/h5-13H,4,14H2,1-3H3,(H,26,30)/b27-25-. The van der Waals surface area contributed by atoms with E-state index >= 15 is 0 Å². The lowest BCUT2D eigenvalue weighted by Gasteiger charge is -2.08. The van der Waals surface area contributed by atoms with Gasteiger partial charge in [-0.05, 0) is 37.1 Å². The molecule has 4 rings (SSSR count). The van der Waals surface area contributed by atoms with Gasteiger partial charge >= 0.3 is 5.63 Å². The van der Waals surface area contributed by atoms with Crippen LogP contribution in [-0.2, 0) is 11.3 Å². The fourth-order valence-corrected chi connectivity index (χ4v) is 4.70. The summed E-state index contributed by atoms with van der Waals surface area (Å²) in [7, 11) is 0. The molecule has 2 aromatic carbocycles. The number of nitrogens with zero attached hydrogens (tertiary/aromatic N) is 2. The van der Waals surface area contributed by atoms with Crippen LogP contribution >= 0.6 is 11.3 Å². The quantitative estimate of drug-likeness (QED) is 0.247. The number of nitrogens with one attached hydrogen (secondary N) is 1. The summed E-state index contributed by atoms with van der Waals surface area (Å²) < 4.78 is 12.8. The third-order valence-corrected chi connectivity index (χ3v) is 6.52. The van der Waals surface area contributed by atoms with Gasteiger partial charge in [0.2, 0.25) is 4.80 Å². The van der Waals surface area contributed by atoms with E-state index in [-0.39, 0.29) is 12.4 Å². The molecular formula is C25H23N3O5S. The predicted octanol–water partition coefficient (Wildman–Crippen LogP) is 3.86. The molecule has 1 amide bonds. The number of thiazole rings is 1. The maximum absolute atomic E-state index is 12.3. The number of rotatable bonds is 7. The molecule has 0 bridgehead atoms. The van der Waals surface area contributed by atoms with E-state index in [0.717, 1.165) is 22.2 Å². The van der Waals surface area contributed by atoms with Crippen LogP contribution in [0.1, 0.15) is 29.2 Å². The van der Waals surface area contributed by atoms with Crippen LogP contribution in [0, 0.1) is 6.92 Å². The number of amides is 1. The van der Waals surface area contributed by atoms with E-state index in [2.05, 4.69) is 10.5 Å². The number of fused-ring (bicyclic) bond motifs is 1. The summed E-state index contributed by atoms with van der Waals surface area (Å²) in [6.45, 7) is 5.63. The van der Waals surface area contributed by atoms with Crippen molar-refractivity contribution in [3.63, 3.8) is 0 Å². The Hall–Kier alpha value is -3.98. The first-order valence-electron chi connectivity index (χ1n) is 10.7. The van der Waals surface area contributed by atoms with Crippen LogP contribution in [-0.4, -0.2) is 22.9 Å². The Kier molecular flexibility index (Phi) is 6.74. The summed E-state index contributed by atoms with van der Waals surface area (Å²) in [5.41, 5.74) is 4.83. The third kappa shape index (κ3) is 4.84. The van der Waals surface area contributed by atoms with E-state index in [9.17, 15) is 14.4 Å². The summed E-state index contributed by atoms with van der Waals surface area (Å²) in [6.07, 6.45) is 0. The van der Waals surface area contributed by atoms with Crippen molar-refractivity contribution in [2.75, 3.05) is 6.61 Å². The first-order valence-corrected chi connectivity index (χ1v) is 11.5. The van der Waals surface area contributed by atoms with Crippen LogP contribution in [0.3, 0.4) is 0 Å². The Balaban J connectivity index is 1.50. The molecule has 8 nitrogen and oxygen atoms in total. The summed E-state index contributed by atoms with van der Waals surface area (Å²) in [4.78, 5) is 37.3. The molecule has 2 aromatic heterocycles. The molecule has 174 valence electrons. The topological polar surface area (TPSA) is 103 Å². The van der Waals surface area contributed by atoms with E-state index in [1.807, 2.05) is 48.7 Å². The molecular weight excluding hydrogens is 454 g/mol. The zero-order valence-corrected chi connectivity index (χ0v) is 19.8. The third-order valence-electron chi connectivity index (χ3n) is 5.24. The highest BCUT2D eigenvalue weighted by Crippen LogP contribution is 2.29. The van der Waals surface area contributed by atoms with Crippen molar-refractivity contribution < 1.29 is 18.7 Å². The number of hydrogen-bond acceptors (Lipinski definition) is 7. The van der Waals surface area contributed by atoms with Crippen LogP contribution in [0.15, 0.2) is 68.9 Å². The average molecular weight is 478 g/mol. The summed E-state index contributed by atoms with van der Waals surface area (Å²) in [6, 6.07) is 16.1. The van der Waals surface area contributed by atoms with Gasteiger partial charge in [-0.1, -0.05) is 41.7 Å². The van der Waals surface area contributed by atoms with Crippen molar-refractivity contribution in [3.05, 3.63) is 80.4 Å². The number of ether oxygens (including phenoxy) is 1. The summed E-state index contributed by atoms with van der Waals surface area (Å²) >= 11 is 1.23. The Morgan fingerprint density at radius 1 is 1.15 bits per heavy atom. The van der Waals surface area contributed by atoms with Crippen molar-refractivity contribution in [1.82, 2.24) is 9.99 Å². The highest BCUT2D eigenvalue weighted by molar-refractivity contribution is 7.11. The number of carbonyl (C=O) groups excluding carboxylic acids is 2. The van der Waals surface area contributed by atoms with Gasteiger partial charge in [0.25, 0.3) is 5.91 Å². The number of ketones is 1. The summed E-state index contributed by atoms with van der Waals surface area (Å²) in [5, 5.41) is 4.91. The zero-order chi connectivity index (χ0) is 24.2. The monoisotopic (exact) mass is 477 g/mol. The minimum absolute atomic E-state index is 0.0424. The summed E-state index contributed by atoms with van der Waals surface area (Å²) in [5.74, 6) is -0.123. The second kappa shape index (κ2) is 9.88. The predicted molar refractivity (Wildman–Crippen MR) is 130 cm³/mol. The molecule has 9 heteroatoms. The van der Waals surface area contributed by atoms with Crippen LogP contribution in [0.4, 0.5) is 0 Å². The molecule has 0 aliphatic carbocycles. The molecule has 0 atom stereocenters. The SMILES string of the molecule is CCn1c(C)c(C(C)=O)s/c1=N\NC(=O)COc1ccc2c(-c3ccccc3)cc(=O)oc2c1. The Labute approximate surface area is 199 Å². The van der Waals surface area contributed by atoms with Gasteiger partial charge in [0.15, 0.2) is 12.4 Å². The van der Waals surface area contributed by atoms with Gasteiger partial charge in [-0.3, -0.25) is 9.59 Å². The smallest absolute Gasteiger partial charge is 0.336 e. The van der Waals surface area contributed by atoms with E-state index < -0.39 is 11.5 Å². The van der Waals surface area contributed by atoms with Gasteiger partial charge in [0.1, 0.15) is 11.3 Å². The maximum atomic E-state index is 12.3. The Morgan fingerprint density at radius 3 is 2.62 bits per heavy atom. The molecule has 2 heterocycles. The molecule has 0 aliphatic rings. The normalized spacial score (nSPS) is 11.6. The number of Topliss-reactive ketones (excluding diaryl/α,β-unsaturated/α-hetero) is 1. The lowest BCUT2D eigenvalue weighted by atomic mass is 10.0. The van der Waals surface area contributed by atoms with Crippen LogP contribution in [0.25, 0.3) is 22.1 Å². The number of aromatic nitrogens is 1. The molecule has 34 heavy (non-hydrogen) atoms. The number of carbonyl (C=O) groups is 2. The van der Waals surface area contributed by atoms with E-state index in [1.165, 1.54) is 24.3 Å². The molecule has 0 radical (unpaired) electrons. The molecule has 1 N–H and O–H groups in total. The van der Waals surface area contributed by atoms with Crippen LogP contribution < -0.4 is 20.6 Å². The second-order valence-electron chi connectivity index (χ2n) is 7.54. The molecule has 0 saturated carbocycles. The highest BCUT2D eigenvalue weighted by Gasteiger charge is 2.13. The Morgan fingerprint density at radius 2 is 1.91 bits per heavy atom. The van der Waals surface area contributed by atoms with Crippen molar-refractivity contribution in [2.24, 2.45) is 5.10 Å². The van der Waals surface area contributed by atoms with Crippen LogP contribution in [0.5, 0.6) is 5.75 Å². The first-order chi connectivity index (χ1) is 16.4. The molecule has 0 unspecified atom stereocenters. The van der Waals surface area contributed by atoms with E-state index in [4.69, 9.17) is 9.15 Å². The van der Waals surface area contributed by atoms with Crippen molar-refractivity contribution in [3.8, 4) is 16.9 Å². The van der Waals surface area contributed by atoms with Crippen LogP contribution in [0.2, 0.25) is 0 Å². The second-order valence-corrected chi connectivity index (χ2v) is 8.52. The average Bonchev–Trinajstić information content (AvgIpc) is 3.16. The fraction of sp³-hybridized carbons (Fsp3) is 0.200. The van der Waals surface area contributed by atoms with Gasteiger partial charge in [-0.2, -0.15) is 0 Å². The van der Waals surface area contributed by atoms with Gasteiger partial charge < -0.3 is 13.7 Å².